The van der Waals surface area contributed by atoms with Gasteiger partial charge in [0.05, 0.1) is 5.69 Å². The van der Waals surface area contributed by atoms with Gasteiger partial charge < -0.3 is 0 Å². The summed E-state index contributed by atoms with van der Waals surface area (Å²) in [5, 5.41) is 0. The molecule has 0 aliphatic rings. The van der Waals surface area contributed by atoms with Crippen LogP contribution < -0.4 is 11.2 Å². The second-order valence-electron chi connectivity index (χ2n) is 2.61. The van der Waals surface area contributed by atoms with Crippen LogP contribution in [-0.2, 0) is 14.1 Å². The summed E-state index contributed by atoms with van der Waals surface area (Å²) in [7, 11) is 2.66. The molecular weight excluding hydrogens is 163 g/mol. The third-order valence-corrected chi connectivity index (χ3v) is 1.89. The molecule has 66 valence electrons. The van der Waals surface area contributed by atoms with Crippen LogP contribution in [0.1, 0.15) is 5.69 Å². The van der Waals surface area contributed by atoms with E-state index in [0.717, 1.165) is 9.13 Å². The van der Waals surface area contributed by atoms with Crippen molar-refractivity contribution >= 4 is 0 Å². The smallest absolute Gasteiger partial charge is 0.298 e. The van der Waals surface area contributed by atoms with Crippen molar-refractivity contribution in [2.24, 2.45) is 14.1 Å². The molecule has 12 heavy (non-hydrogen) atoms. The molecule has 0 fully saturated rings. The lowest BCUT2D eigenvalue weighted by Crippen LogP contribution is -2.40. The molecule has 0 N–H and O–H groups in total. The standard InChI is InChI=1S/C7H9FN2O2/c1-4-5(8)6(11)10(3)7(12)9(4)2/h1-3H3. The molecule has 0 aliphatic carbocycles. The number of hydrogen-bond donors (Lipinski definition) is 0. The van der Waals surface area contributed by atoms with E-state index in [-0.39, 0.29) is 5.69 Å². The lowest BCUT2D eigenvalue weighted by Gasteiger charge is -2.05. The van der Waals surface area contributed by atoms with Crippen molar-refractivity contribution in [1.82, 2.24) is 9.13 Å². The fourth-order valence-electron chi connectivity index (χ4n) is 0.905. The number of aromatic nitrogens is 2. The fraction of sp³-hybridized carbons (Fsp3) is 0.429. The van der Waals surface area contributed by atoms with E-state index >= 15 is 0 Å². The minimum absolute atomic E-state index is 0.0584. The highest BCUT2D eigenvalue weighted by Crippen LogP contribution is 1.93. The summed E-state index contributed by atoms with van der Waals surface area (Å²) in [6.07, 6.45) is 0. The van der Waals surface area contributed by atoms with E-state index in [1.807, 2.05) is 0 Å². The summed E-state index contributed by atoms with van der Waals surface area (Å²) in [6.45, 7) is 1.39. The Morgan fingerprint density at radius 1 is 1.17 bits per heavy atom. The highest BCUT2D eigenvalue weighted by Gasteiger charge is 2.10. The Morgan fingerprint density at radius 2 is 1.67 bits per heavy atom. The van der Waals surface area contributed by atoms with Gasteiger partial charge in [-0.3, -0.25) is 13.9 Å². The number of halogens is 1. The predicted octanol–water partition coefficient (Wildman–Crippen LogP) is -0.468. The van der Waals surface area contributed by atoms with Crippen LogP contribution in [0.15, 0.2) is 9.59 Å². The summed E-state index contributed by atoms with van der Waals surface area (Å²) in [4.78, 5) is 22.1. The first-order chi connectivity index (χ1) is 5.46. The summed E-state index contributed by atoms with van der Waals surface area (Å²) in [6, 6.07) is 0. The van der Waals surface area contributed by atoms with E-state index in [4.69, 9.17) is 0 Å². The number of rotatable bonds is 0. The van der Waals surface area contributed by atoms with Crippen LogP contribution in [0.4, 0.5) is 4.39 Å². The molecular formula is C7H9FN2O2. The minimum atomic E-state index is -0.879. The Kier molecular flexibility index (Phi) is 1.87. The van der Waals surface area contributed by atoms with Crippen LogP contribution in [-0.4, -0.2) is 9.13 Å². The lowest BCUT2D eigenvalue weighted by molar-refractivity contribution is 0.527. The lowest BCUT2D eigenvalue weighted by atomic mass is 10.4. The fourth-order valence-corrected chi connectivity index (χ4v) is 0.905. The SMILES string of the molecule is Cc1c(F)c(=O)n(C)c(=O)n1C. The van der Waals surface area contributed by atoms with Crippen molar-refractivity contribution in [2.45, 2.75) is 6.92 Å². The molecule has 0 bridgehead atoms. The molecule has 1 aromatic rings. The van der Waals surface area contributed by atoms with E-state index in [9.17, 15) is 14.0 Å². The van der Waals surface area contributed by atoms with Gasteiger partial charge in [0.2, 0.25) is 5.82 Å². The van der Waals surface area contributed by atoms with Crippen molar-refractivity contribution in [3.63, 3.8) is 0 Å². The minimum Gasteiger partial charge on any atom is -0.298 e. The van der Waals surface area contributed by atoms with E-state index in [1.165, 1.54) is 21.0 Å². The van der Waals surface area contributed by atoms with Crippen molar-refractivity contribution in [1.29, 1.82) is 0 Å². The second-order valence-corrected chi connectivity index (χ2v) is 2.61. The Bertz CT molecular complexity index is 393. The monoisotopic (exact) mass is 172 g/mol. The molecule has 0 saturated heterocycles. The molecule has 0 radical (unpaired) electrons. The van der Waals surface area contributed by atoms with Crippen molar-refractivity contribution < 1.29 is 4.39 Å². The Labute approximate surface area is 67.9 Å². The first-order valence-corrected chi connectivity index (χ1v) is 3.39. The molecule has 1 heterocycles. The van der Waals surface area contributed by atoms with Crippen molar-refractivity contribution in [2.75, 3.05) is 0 Å². The zero-order valence-electron chi connectivity index (χ0n) is 7.09. The molecule has 0 unspecified atom stereocenters. The molecule has 0 amide bonds. The van der Waals surface area contributed by atoms with Gasteiger partial charge in [-0.2, -0.15) is 4.39 Å². The average Bonchev–Trinajstić information content (AvgIpc) is 2.08. The van der Waals surface area contributed by atoms with Gasteiger partial charge in [0.15, 0.2) is 0 Å². The van der Waals surface area contributed by atoms with Crippen LogP contribution in [0.2, 0.25) is 0 Å². The molecule has 4 nitrogen and oxygen atoms in total. The summed E-state index contributed by atoms with van der Waals surface area (Å²) in [5.74, 6) is -0.875. The molecule has 0 saturated carbocycles. The first-order valence-electron chi connectivity index (χ1n) is 3.39. The Morgan fingerprint density at radius 3 is 2.17 bits per heavy atom. The average molecular weight is 172 g/mol. The summed E-state index contributed by atoms with van der Waals surface area (Å²) >= 11 is 0. The maximum atomic E-state index is 12.9. The molecule has 5 heteroatoms. The zero-order valence-corrected chi connectivity index (χ0v) is 7.09. The predicted molar refractivity (Wildman–Crippen MR) is 41.6 cm³/mol. The van der Waals surface area contributed by atoms with Gasteiger partial charge in [-0.1, -0.05) is 0 Å². The van der Waals surface area contributed by atoms with Crippen LogP contribution in [0.25, 0.3) is 0 Å². The molecule has 0 spiro atoms. The first kappa shape index (κ1) is 8.70. The molecule has 0 aromatic carbocycles. The van der Waals surface area contributed by atoms with Crippen LogP contribution in [0.3, 0.4) is 0 Å². The van der Waals surface area contributed by atoms with E-state index in [0.29, 0.717) is 0 Å². The van der Waals surface area contributed by atoms with Crippen molar-refractivity contribution in [3.05, 3.63) is 32.3 Å². The van der Waals surface area contributed by atoms with Crippen LogP contribution in [0, 0.1) is 12.7 Å². The summed E-state index contributed by atoms with van der Waals surface area (Å²) in [5.41, 5.74) is -1.34. The molecule has 0 atom stereocenters. The van der Waals surface area contributed by atoms with Gasteiger partial charge in [-0.15, -0.1) is 0 Å². The van der Waals surface area contributed by atoms with E-state index in [1.54, 1.807) is 0 Å². The quantitative estimate of drug-likeness (QED) is 0.531. The number of nitrogens with zero attached hydrogens (tertiary/aromatic N) is 2. The molecule has 1 aromatic heterocycles. The topological polar surface area (TPSA) is 44.0 Å². The Hall–Kier alpha value is -1.39. The van der Waals surface area contributed by atoms with Gasteiger partial charge in [0, 0.05) is 14.1 Å². The number of hydrogen-bond acceptors (Lipinski definition) is 2. The normalized spacial score (nSPS) is 10.3. The zero-order chi connectivity index (χ0) is 9.46. The maximum absolute atomic E-state index is 12.9. The third kappa shape index (κ3) is 0.975. The van der Waals surface area contributed by atoms with Gasteiger partial charge in [0.1, 0.15) is 0 Å². The maximum Gasteiger partial charge on any atom is 0.330 e. The van der Waals surface area contributed by atoms with E-state index < -0.39 is 17.1 Å². The van der Waals surface area contributed by atoms with Gasteiger partial charge in [0.25, 0.3) is 5.56 Å². The Balaban J connectivity index is 3.86. The van der Waals surface area contributed by atoms with Crippen LogP contribution >= 0.6 is 0 Å². The van der Waals surface area contributed by atoms with Gasteiger partial charge >= 0.3 is 5.69 Å². The van der Waals surface area contributed by atoms with Gasteiger partial charge in [-0.25, -0.2) is 4.79 Å². The van der Waals surface area contributed by atoms with Gasteiger partial charge in [-0.05, 0) is 6.92 Å². The highest BCUT2D eigenvalue weighted by molar-refractivity contribution is 5.02. The largest absolute Gasteiger partial charge is 0.330 e. The highest BCUT2D eigenvalue weighted by atomic mass is 19.1. The van der Waals surface area contributed by atoms with Crippen molar-refractivity contribution in [3.8, 4) is 0 Å². The van der Waals surface area contributed by atoms with Crippen LogP contribution in [0.5, 0.6) is 0 Å². The second kappa shape index (κ2) is 2.58. The summed E-state index contributed by atoms with van der Waals surface area (Å²) < 4.78 is 14.8. The molecule has 0 aliphatic heterocycles. The molecule has 1 rings (SSSR count). The van der Waals surface area contributed by atoms with E-state index in [2.05, 4.69) is 0 Å². The third-order valence-electron chi connectivity index (χ3n) is 1.89.